The third kappa shape index (κ3) is 6.00. The maximum atomic E-state index is 13.0. The van der Waals surface area contributed by atoms with E-state index in [1.165, 1.54) is 0 Å². The molecule has 1 saturated heterocycles. The van der Waals surface area contributed by atoms with Crippen LogP contribution in [0.25, 0.3) is 0 Å². The molecule has 0 saturated carbocycles. The van der Waals surface area contributed by atoms with Crippen LogP contribution < -0.4 is 15.8 Å². The van der Waals surface area contributed by atoms with Crippen LogP contribution in [0, 0.1) is 0 Å². The van der Waals surface area contributed by atoms with E-state index in [0.29, 0.717) is 43.1 Å². The number of piperazine rings is 1. The first-order chi connectivity index (χ1) is 15.1. The SMILES string of the molecule is CC(C)(C)NC(=O)N1CCN(C(=O)c2cccc(COc3ccccc3C(N)=O)c2)CC1. The second-order valence-electron chi connectivity index (χ2n) is 8.81. The lowest BCUT2D eigenvalue weighted by Gasteiger charge is -2.36. The Morgan fingerprint density at radius 2 is 1.62 bits per heavy atom. The standard InChI is InChI=1S/C24H30N4O4/c1-24(2,3)26-23(31)28-13-11-27(12-14-28)22(30)18-8-6-7-17(15-18)16-32-20-10-5-4-9-19(20)21(25)29/h4-10,15H,11-14,16H2,1-3H3,(H2,25,29)(H,26,31). The van der Waals surface area contributed by atoms with E-state index < -0.39 is 5.91 Å². The third-order valence-electron chi connectivity index (χ3n) is 5.06. The first-order valence-corrected chi connectivity index (χ1v) is 10.6. The summed E-state index contributed by atoms with van der Waals surface area (Å²) in [7, 11) is 0. The number of ether oxygens (including phenoxy) is 1. The zero-order valence-electron chi connectivity index (χ0n) is 18.8. The molecule has 8 nitrogen and oxygen atoms in total. The molecule has 170 valence electrons. The van der Waals surface area contributed by atoms with E-state index in [4.69, 9.17) is 10.5 Å². The fraction of sp³-hybridized carbons (Fsp3) is 0.375. The van der Waals surface area contributed by atoms with Crippen LogP contribution in [0.1, 0.15) is 47.1 Å². The molecule has 0 aromatic heterocycles. The Bertz CT molecular complexity index is 991. The van der Waals surface area contributed by atoms with Gasteiger partial charge in [0.1, 0.15) is 12.4 Å². The Morgan fingerprint density at radius 3 is 2.28 bits per heavy atom. The van der Waals surface area contributed by atoms with Gasteiger partial charge in [-0.1, -0.05) is 24.3 Å². The molecule has 3 rings (SSSR count). The average molecular weight is 439 g/mol. The van der Waals surface area contributed by atoms with Crippen molar-refractivity contribution >= 4 is 17.8 Å². The van der Waals surface area contributed by atoms with Gasteiger partial charge in [0.2, 0.25) is 0 Å². The molecule has 0 bridgehead atoms. The maximum absolute atomic E-state index is 13.0. The van der Waals surface area contributed by atoms with E-state index in [1.54, 1.807) is 52.3 Å². The molecule has 32 heavy (non-hydrogen) atoms. The summed E-state index contributed by atoms with van der Waals surface area (Å²) in [6, 6.07) is 13.9. The lowest BCUT2D eigenvalue weighted by molar-refractivity contribution is 0.0661. The number of nitrogens with two attached hydrogens (primary N) is 1. The van der Waals surface area contributed by atoms with Crippen molar-refractivity contribution in [2.24, 2.45) is 5.73 Å². The van der Waals surface area contributed by atoms with Gasteiger partial charge in [-0.05, 0) is 50.6 Å². The Labute approximate surface area is 188 Å². The monoisotopic (exact) mass is 438 g/mol. The first-order valence-electron chi connectivity index (χ1n) is 10.6. The Hall–Kier alpha value is -3.55. The molecule has 0 atom stereocenters. The molecule has 2 aromatic carbocycles. The van der Waals surface area contributed by atoms with Crippen molar-refractivity contribution in [3.63, 3.8) is 0 Å². The second kappa shape index (κ2) is 9.72. The summed E-state index contributed by atoms with van der Waals surface area (Å²) in [5.74, 6) is -0.235. The molecule has 1 fully saturated rings. The zero-order chi connectivity index (χ0) is 23.3. The van der Waals surface area contributed by atoms with Gasteiger partial charge in [0.05, 0.1) is 5.56 Å². The third-order valence-corrected chi connectivity index (χ3v) is 5.06. The Balaban J connectivity index is 1.59. The van der Waals surface area contributed by atoms with Crippen LogP contribution in [0.3, 0.4) is 0 Å². The van der Waals surface area contributed by atoms with Crippen molar-refractivity contribution in [2.45, 2.75) is 32.9 Å². The number of rotatable bonds is 5. The van der Waals surface area contributed by atoms with E-state index >= 15 is 0 Å². The fourth-order valence-electron chi connectivity index (χ4n) is 3.45. The van der Waals surface area contributed by atoms with E-state index in [-0.39, 0.29) is 24.1 Å². The number of carbonyl (C=O) groups is 3. The van der Waals surface area contributed by atoms with Crippen LogP contribution in [0.4, 0.5) is 4.79 Å². The zero-order valence-corrected chi connectivity index (χ0v) is 18.8. The minimum absolute atomic E-state index is 0.0831. The highest BCUT2D eigenvalue weighted by atomic mass is 16.5. The molecule has 0 aliphatic carbocycles. The summed E-state index contributed by atoms with van der Waals surface area (Å²) in [5, 5.41) is 2.95. The van der Waals surface area contributed by atoms with Crippen LogP contribution in [-0.2, 0) is 6.61 Å². The number of primary amides is 1. The summed E-state index contributed by atoms with van der Waals surface area (Å²) in [5.41, 5.74) is 6.76. The highest BCUT2D eigenvalue weighted by Gasteiger charge is 2.26. The Kier molecular flexibility index (Phi) is 7.02. The highest BCUT2D eigenvalue weighted by Crippen LogP contribution is 2.19. The molecular formula is C24H30N4O4. The molecule has 8 heteroatoms. The number of benzene rings is 2. The summed E-state index contributed by atoms with van der Waals surface area (Å²) in [6.45, 7) is 7.94. The van der Waals surface area contributed by atoms with Crippen LogP contribution in [0.2, 0.25) is 0 Å². The number of nitrogens with zero attached hydrogens (tertiary/aromatic N) is 2. The van der Waals surface area contributed by atoms with Crippen molar-refractivity contribution < 1.29 is 19.1 Å². The molecule has 3 N–H and O–H groups in total. The van der Waals surface area contributed by atoms with Gasteiger partial charge in [0.15, 0.2) is 0 Å². The summed E-state index contributed by atoms with van der Waals surface area (Å²) in [6.07, 6.45) is 0. The van der Waals surface area contributed by atoms with Gasteiger partial charge < -0.3 is 25.6 Å². The van der Waals surface area contributed by atoms with Gasteiger partial charge in [-0.25, -0.2) is 4.79 Å². The van der Waals surface area contributed by atoms with Gasteiger partial charge in [-0.3, -0.25) is 9.59 Å². The number of hydrogen-bond donors (Lipinski definition) is 2. The van der Waals surface area contributed by atoms with Crippen molar-refractivity contribution in [2.75, 3.05) is 26.2 Å². The lowest BCUT2D eigenvalue weighted by atomic mass is 10.1. The van der Waals surface area contributed by atoms with Crippen molar-refractivity contribution in [1.29, 1.82) is 0 Å². The number of urea groups is 1. The van der Waals surface area contributed by atoms with Gasteiger partial charge in [-0.2, -0.15) is 0 Å². The fourth-order valence-corrected chi connectivity index (χ4v) is 3.45. The van der Waals surface area contributed by atoms with E-state index in [2.05, 4.69) is 5.32 Å². The van der Waals surface area contributed by atoms with Gasteiger partial charge >= 0.3 is 6.03 Å². The van der Waals surface area contributed by atoms with E-state index in [0.717, 1.165) is 5.56 Å². The van der Waals surface area contributed by atoms with E-state index in [1.807, 2.05) is 26.8 Å². The van der Waals surface area contributed by atoms with Crippen LogP contribution in [-0.4, -0.2) is 59.4 Å². The predicted octanol–water partition coefficient (Wildman–Crippen LogP) is 2.63. The minimum Gasteiger partial charge on any atom is -0.488 e. The van der Waals surface area contributed by atoms with Gasteiger partial charge in [-0.15, -0.1) is 0 Å². The van der Waals surface area contributed by atoms with Crippen molar-refractivity contribution in [3.8, 4) is 5.75 Å². The molecule has 0 radical (unpaired) electrons. The molecule has 0 unspecified atom stereocenters. The normalized spacial score (nSPS) is 14.1. The average Bonchev–Trinajstić information content (AvgIpc) is 2.76. The number of nitrogens with one attached hydrogen (secondary N) is 1. The first kappa shape index (κ1) is 23.1. The Morgan fingerprint density at radius 1 is 0.969 bits per heavy atom. The summed E-state index contributed by atoms with van der Waals surface area (Å²) in [4.78, 5) is 40.3. The maximum Gasteiger partial charge on any atom is 0.317 e. The predicted molar refractivity (Wildman–Crippen MR) is 121 cm³/mol. The summed E-state index contributed by atoms with van der Waals surface area (Å²) < 4.78 is 5.77. The number of hydrogen-bond acceptors (Lipinski definition) is 4. The van der Waals surface area contributed by atoms with Crippen molar-refractivity contribution in [1.82, 2.24) is 15.1 Å². The molecule has 4 amide bonds. The number of amides is 4. The van der Waals surface area contributed by atoms with E-state index in [9.17, 15) is 14.4 Å². The number of para-hydroxylation sites is 1. The molecule has 0 spiro atoms. The van der Waals surface area contributed by atoms with Gasteiger partial charge in [0, 0.05) is 37.3 Å². The number of carbonyl (C=O) groups excluding carboxylic acids is 3. The van der Waals surface area contributed by atoms with Gasteiger partial charge in [0.25, 0.3) is 11.8 Å². The minimum atomic E-state index is -0.556. The lowest BCUT2D eigenvalue weighted by Crippen LogP contribution is -2.56. The highest BCUT2D eigenvalue weighted by molar-refractivity contribution is 5.95. The molecule has 1 aliphatic heterocycles. The molecule has 1 heterocycles. The smallest absolute Gasteiger partial charge is 0.317 e. The van der Waals surface area contributed by atoms with Crippen LogP contribution in [0.5, 0.6) is 5.75 Å². The topological polar surface area (TPSA) is 105 Å². The summed E-state index contributed by atoms with van der Waals surface area (Å²) >= 11 is 0. The largest absolute Gasteiger partial charge is 0.488 e. The second-order valence-corrected chi connectivity index (χ2v) is 8.81. The molecule has 1 aliphatic rings. The van der Waals surface area contributed by atoms with Crippen LogP contribution in [0.15, 0.2) is 48.5 Å². The molecule has 2 aromatic rings. The van der Waals surface area contributed by atoms with Crippen molar-refractivity contribution in [3.05, 3.63) is 65.2 Å². The van der Waals surface area contributed by atoms with Crippen LogP contribution >= 0.6 is 0 Å². The quantitative estimate of drug-likeness (QED) is 0.749. The molecular weight excluding hydrogens is 408 g/mol.